The van der Waals surface area contributed by atoms with E-state index in [9.17, 15) is 9.90 Å². The van der Waals surface area contributed by atoms with Crippen molar-refractivity contribution in [2.75, 3.05) is 19.8 Å². The summed E-state index contributed by atoms with van der Waals surface area (Å²) in [4.78, 5) is 11.1. The summed E-state index contributed by atoms with van der Waals surface area (Å²) in [7, 11) is 0. The summed E-state index contributed by atoms with van der Waals surface area (Å²) in [6.07, 6.45) is 4.37. The molecule has 100 valence electrons. The third kappa shape index (κ3) is 2.18. The monoisotopic (exact) mass is 253 g/mol. The predicted octanol–water partition coefficient (Wildman–Crippen LogP) is 0.193. The molecular formula is C13H19NO4. The van der Waals surface area contributed by atoms with E-state index in [2.05, 4.69) is 11.4 Å². The molecule has 2 heterocycles. The molecule has 18 heavy (non-hydrogen) atoms. The van der Waals surface area contributed by atoms with Gasteiger partial charge in [0.1, 0.15) is 6.23 Å². The van der Waals surface area contributed by atoms with Crippen LogP contribution in [0.1, 0.15) is 19.3 Å². The van der Waals surface area contributed by atoms with E-state index in [1.54, 1.807) is 0 Å². The molecule has 0 bridgehead atoms. The number of fused-ring (bicyclic) bond motifs is 1. The first-order valence-electron chi connectivity index (χ1n) is 6.62. The van der Waals surface area contributed by atoms with Gasteiger partial charge < -0.3 is 19.9 Å². The largest absolute Gasteiger partial charge is 0.396 e. The van der Waals surface area contributed by atoms with Gasteiger partial charge in [-0.15, -0.1) is 0 Å². The predicted molar refractivity (Wildman–Crippen MR) is 63.6 cm³/mol. The van der Waals surface area contributed by atoms with Gasteiger partial charge in [0.15, 0.2) is 0 Å². The molecule has 2 saturated heterocycles. The molecule has 2 N–H and O–H groups in total. The van der Waals surface area contributed by atoms with E-state index in [-0.39, 0.29) is 30.8 Å². The molecule has 4 atom stereocenters. The number of aliphatic hydroxyl groups is 1. The van der Waals surface area contributed by atoms with Gasteiger partial charge in [-0.3, -0.25) is 4.79 Å². The van der Waals surface area contributed by atoms with Crippen LogP contribution < -0.4 is 5.32 Å². The highest BCUT2D eigenvalue weighted by Crippen LogP contribution is 2.40. The van der Waals surface area contributed by atoms with E-state index in [0.29, 0.717) is 18.9 Å². The van der Waals surface area contributed by atoms with E-state index in [1.807, 2.05) is 0 Å². The fourth-order valence-electron chi connectivity index (χ4n) is 3.16. The quantitative estimate of drug-likeness (QED) is 0.702. The fraction of sp³-hybridized carbons (Fsp3) is 0.769. The van der Waals surface area contributed by atoms with Crippen molar-refractivity contribution in [2.24, 2.45) is 11.8 Å². The Morgan fingerprint density at radius 3 is 3.11 bits per heavy atom. The molecule has 1 aliphatic carbocycles. The van der Waals surface area contributed by atoms with Crippen molar-refractivity contribution in [2.45, 2.75) is 31.6 Å². The zero-order chi connectivity index (χ0) is 12.5. The van der Waals surface area contributed by atoms with E-state index in [0.717, 1.165) is 25.0 Å². The average Bonchev–Trinajstić information content (AvgIpc) is 3.01. The maximum atomic E-state index is 11.1. The Bertz CT molecular complexity index is 368. The van der Waals surface area contributed by atoms with Gasteiger partial charge in [-0.2, -0.15) is 0 Å². The summed E-state index contributed by atoms with van der Waals surface area (Å²) in [5.41, 5.74) is 1.12. The van der Waals surface area contributed by atoms with Gasteiger partial charge in [0.25, 0.3) is 0 Å². The molecule has 1 unspecified atom stereocenters. The van der Waals surface area contributed by atoms with Gasteiger partial charge in [0, 0.05) is 25.4 Å². The first-order valence-corrected chi connectivity index (χ1v) is 6.62. The lowest BCUT2D eigenvalue weighted by Crippen LogP contribution is -2.29. The summed E-state index contributed by atoms with van der Waals surface area (Å²) in [6, 6.07) is 0. The van der Waals surface area contributed by atoms with Crippen LogP contribution in [0.25, 0.3) is 0 Å². The first-order chi connectivity index (χ1) is 8.78. The number of hydrogen-bond donors (Lipinski definition) is 2. The van der Waals surface area contributed by atoms with E-state index >= 15 is 0 Å². The maximum absolute atomic E-state index is 11.1. The molecule has 5 heteroatoms. The lowest BCUT2D eigenvalue weighted by Gasteiger charge is -2.20. The van der Waals surface area contributed by atoms with Crippen molar-refractivity contribution in [1.29, 1.82) is 0 Å². The molecule has 3 aliphatic rings. The van der Waals surface area contributed by atoms with Crippen LogP contribution >= 0.6 is 0 Å². The topological polar surface area (TPSA) is 67.8 Å². The number of nitrogens with one attached hydrogen (secondary N) is 1. The minimum atomic E-state index is -0.167. The summed E-state index contributed by atoms with van der Waals surface area (Å²) in [6.45, 7) is 1.42. The summed E-state index contributed by atoms with van der Waals surface area (Å²) < 4.78 is 11.3. The van der Waals surface area contributed by atoms with Gasteiger partial charge in [0.05, 0.1) is 19.3 Å². The third-order valence-corrected chi connectivity index (χ3v) is 4.16. The number of aliphatic hydroxyl groups excluding tert-OH is 1. The zero-order valence-corrected chi connectivity index (χ0v) is 10.3. The molecule has 1 amide bonds. The Kier molecular flexibility index (Phi) is 3.37. The molecule has 2 fully saturated rings. The van der Waals surface area contributed by atoms with Gasteiger partial charge in [-0.25, -0.2) is 0 Å². The molecule has 0 aromatic rings. The number of ether oxygens (including phenoxy) is 2. The number of hydrogen-bond acceptors (Lipinski definition) is 4. The first kappa shape index (κ1) is 12.1. The molecule has 2 aliphatic heterocycles. The van der Waals surface area contributed by atoms with Crippen LogP contribution in [0.5, 0.6) is 0 Å². The van der Waals surface area contributed by atoms with Crippen molar-refractivity contribution < 1.29 is 19.4 Å². The molecule has 5 nitrogen and oxygen atoms in total. The number of carbonyl (C=O) groups is 1. The number of amides is 1. The summed E-state index contributed by atoms with van der Waals surface area (Å²) in [5, 5.41) is 12.3. The van der Waals surface area contributed by atoms with E-state index in [4.69, 9.17) is 9.47 Å². The second-order valence-electron chi connectivity index (χ2n) is 5.22. The second-order valence-corrected chi connectivity index (χ2v) is 5.22. The highest BCUT2D eigenvalue weighted by Gasteiger charge is 2.40. The Morgan fingerprint density at radius 2 is 2.39 bits per heavy atom. The Morgan fingerprint density at radius 1 is 1.50 bits per heavy atom. The van der Waals surface area contributed by atoms with Crippen LogP contribution in [0.3, 0.4) is 0 Å². The second kappa shape index (κ2) is 4.99. The molecule has 0 radical (unpaired) electrons. The van der Waals surface area contributed by atoms with Gasteiger partial charge >= 0.3 is 0 Å². The van der Waals surface area contributed by atoms with Crippen LogP contribution in [0.4, 0.5) is 0 Å². The Hall–Kier alpha value is -0.910. The summed E-state index contributed by atoms with van der Waals surface area (Å²) >= 11 is 0. The standard InChI is InChI=1S/C13H19NO4/c15-6-10-8(5-11-9(10)3-4-17-11)7-18-13-2-1-12(16)14-13/h5,9-11,13,15H,1-4,6-7H2,(H,14,16)/t9-,10-,11+,13?/m1/s1. The zero-order valence-electron chi connectivity index (χ0n) is 10.3. The van der Waals surface area contributed by atoms with Crippen molar-refractivity contribution in [1.82, 2.24) is 5.32 Å². The molecule has 0 aromatic heterocycles. The summed E-state index contributed by atoms with van der Waals surface area (Å²) in [5.74, 6) is 0.626. The Balaban J connectivity index is 1.57. The third-order valence-electron chi connectivity index (χ3n) is 4.16. The lowest BCUT2D eigenvalue weighted by molar-refractivity contribution is -0.120. The lowest BCUT2D eigenvalue weighted by atomic mass is 9.90. The SMILES string of the molecule is O=C1CCC(OCC2=C[C@@H]3OCC[C@@H]3[C@@H]2CO)N1. The van der Waals surface area contributed by atoms with Crippen LogP contribution in [0, 0.1) is 11.8 Å². The van der Waals surface area contributed by atoms with Gasteiger partial charge in [-0.1, -0.05) is 6.08 Å². The minimum absolute atomic E-state index is 0.0549. The molecule has 0 spiro atoms. The van der Waals surface area contributed by atoms with Gasteiger partial charge in [-0.05, 0) is 17.9 Å². The van der Waals surface area contributed by atoms with Crippen LogP contribution in [-0.2, 0) is 14.3 Å². The maximum Gasteiger partial charge on any atom is 0.222 e. The Labute approximate surface area is 106 Å². The molecular weight excluding hydrogens is 234 g/mol. The highest BCUT2D eigenvalue weighted by atomic mass is 16.5. The van der Waals surface area contributed by atoms with Crippen LogP contribution in [-0.4, -0.2) is 43.2 Å². The van der Waals surface area contributed by atoms with Crippen molar-refractivity contribution >= 4 is 5.91 Å². The molecule has 3 rings (SSSR count). The number of rotatable bonds is 4. The normalized spacial score (nSPS) is 38.7. The highest BCUT2D eigenvalue weighted by molar-refractivity contribution is 5.78. The molecule has 0 aromatic carbocycles. The van der Waals surface area contributed by atoms with Crippen molar-refractivity contribution in [3.8, 4) is 0 Å². The minimum Gasteiger partial charge on any atom is -0.396 e. The van der Waals surface area contributed by atoms with Crippen molar-refractivity contribution in [3.05, 3.63) is 11.6 Å². The van der Waals surface area contributed by atoms with E-state index in [1.165, 1.54) is 0 Å². The van der Waals surface area contributed by atoms with Crippen LogP contribution in [0.15, 0.2) is 11.6 Å². The molecule has 0 saturated carbocycles. The average molecular weight is 253 g/mol. The smallest absolute Gasteiger partial charge is 0.222 e. The van der Waals surface area contributed by atoms with Crippen molar-refractivity contribution in [3.63, 3.8) is 0 Å². The number of carbonyl (C=O) groups excluding carboxylic acids is 1. The van der Waals surface area contributed by atoms with Gasteiger partial charge in [0.2, 0.25) is 5.91 Å². The van der Waals surface area contributed by atoms with Crippen LogP contribution in [0.2, 0.25) is 0 Å². The van der Waals surface area contributed by atoms with E-state index < -0.39 is 0 Å². The fourth-order valence-corrected chi connectivity index (χ4v) is 3.16.